The second kappa shape index (κ2) is 7.59. The number of benzene rings is 1. The molecular weight excluding hydrogens is 302 g/mol. The lowest BCUT2D eigenvalue weighted by molar-refractivity contribution is -0.384. The molecule has 0 aliphatic heterocycles. The van der Waals surface area contributed by atoms with E-state index in [-0.39, 0.29) is 36.3 Å². The first kappa shape index (κ1) is 16.0. The predicted molar refractivity (Wildman–Crippen MR) is 79.8 cm³/mol. The van der Waals surface area contributed by atoms with Gasteiger partial charge in [-0.1, -0.05) is 0 Å². The molecular formula is C14H13N5O4. The minimum atomic E-state index is -0.538. The van der Waals surface area contributed by atoms with Gasteiger partial charge in [0, 0.05) is 43.2 Å². The van der Waals surface area contributed by atoms with Gasteiger partial charge in [0.05, 0.1) is 11.1 Å². The fourth-order valence-corrected chi connectivity index (χ4v) is 1.70. The smallest absolute Gasteiger partial charge is 0.271 e. The highest BCUT2D eigenvalue weighted by atomic mass is 16.6. The van der Waals surface area contributed by atoms with Crippen LogP contribution in [0.25, 0.3) is 0 Å². The van der Waals surface area contributed by atoms with Gasteiger partial charge in [-0.05, 0) is 12.1 Å². The molecule has 0 bridgehead atoms. The van der Waals surface area contributed by atoms with Crippen LogP contribution in [0.3, 0.4) is 0 Å². The number of non-ortho nitro benzene ring substituents is 1. The number of hydrogen-bond donors (Lipinski definition) is 2. The molecule has 1 aromatic heterocycles. The van der Waals surface area contributed by atoms with Gasteiger partial charge in [0.25, 0.3) is 17.5 Å². The first-order valence-corrected chi connectivity index (χ1v) is 6.65. The molecule has 2 N–H and O–H groups in total. The highest BCUT2D eigenvalue weighted by molar-refractivity contribution is 5.94. The van der Waals surface area contributed by atoms with E-state index in [0.29, 0.717) is 5.56 Å². The minimum absolute atomic E-state index is 0.0854. The molecule has 0 aliphatic carbocycles. The van der Waals surface area contributed by atoms with Gasteiger partial charge in [-0.3, -0.25) is 24.7 Å². The van der Waals surface area contributed by atoms with E-state index in [1.54, 1.807) is 0 Å². The number of carbonyl (C=O) groups excluding carboxylic acids is 2. The molecule has 9 heteroatoms. The fourth-order valence-electron chi connectivity index (χ4n) is 1.70. The number of nitrogens with one attached hydrogen (secondary N) is 2. The van der Waals surface area contributed by atoms with Gasteiger partial charge >= 0.3 is 0 Å². The molecule has 0 radical (unpaired) electrons. The van der Waals surface area contributed by atoms with Gasteiger partial charge in [-0.2, -0.15) is 0 Å². The zero-order chi connectivity index (χ0) is 16.7. The first-order valence-electron chi connectivity index (χ1n) is 6.65. The molecule has 0 unspecified atom stereocenters. The van der Waals surface area contributed by atoms with Crippen LogP contribution in [-0.2, 0) is 0 Å². The van der Waals surface area contributed by atoms with E-state index in [0.717, 1.165) is 0 Å². The van der Waals surface area contributed by atoms with E-state index in [1.807, 2.05) is 0 Å². The van der Waals surface area contributed by atoms with Crippen LogP contribution in [0, 0.1) is 10.1 Å². The molecule has 1 aromatic carbocycles. The number of amides is 2. The Morgan fingerprint density at radius 2 is 1.70 bits per heavy atom. The Labute approximate surface area is 130 Å². The van der Waals surface area contributed by atoms with Gasteiger partial charge in [-0.25, -0.2) is 4.98 Å². The fraction of sp³-hybridized carbons (Fsp3) is 0.143. The van der Waals surface area contributed by atoms with Gasteiger partial charge in [0.1, 0.15) is 5.69 Å². The maximum Gasteiger partial charge on any atom is 0.271 e. The molecule has 118 valence electrons. The highest BCUT2D eigenvalue weighted by Gasteiger charge is 2.09. The number of carbonyl (C=O) groups is 2. The zero-order valence-corrected chi connectivity index (χ0v) is 11.9. The van der Waals surface area contributed by atoms with Crippen LogP contribution < -0.4 is 10.6 Å². The van der Waals surface area contributed by atoms with E-state index in [4.69, 9.17) is 0 Å². The molecule has 0 saturated heterocycles. The normalized spacial score (nSPS) is 9.91. The van der Waals surface area contributed by atoms with Crippen molar-refractivity contribution >= 4 is 17.5 Å². The van der Waals surface area contributed by atoms with Crippen LogP contribution in [0.2, 0.25) is 0 Å². The number of nitro benzene ring substituents is 1. The second-order valence-electron chi connectivity index (χ2n) is 4.41. The van der Waals surface area contributed by atoms with E-state index < -0.39 is 4.92 Å². The van der Waals surface area contributed by atoms with Crippen molar-refractivity contribution in [3.63, 3.8) is 0 Å². The summed E-state index contributed by atoms with van der Waals surface area (Å²) < 4.78 is 0. The predicted octanol–water partition coefficient (Wildman–Crippen LogP) is 0.545. The lowest BCUT2D eigenvalue weighted by Gasteiger charge is -2.06. The summed E-state index contributed by atoms with van der Waals surface area (Å²) in [4.78, 5) is 41.1. The Kier molecular flexibility index (Phi) is 5.29. The SMILES string of the molecule is O=C(NCCNC(=O)c1cnccn1)c1ccc([N+](=O)[O-])cc1. The number of hydrogen-bond acceptors (Lipinski definition) is 6. The van der Waals surface area contributed by atoms with E-state index in [2.05, 4.69) is 20.6 Å². The molecule has 1 heterocycles. The van der Waals surface area contributed by atoms with Crippen molar-refractivity contribution in [2.45, 2.75) is 0 Å². The summed E-state index contributed by atoms with van der Waals surface area (Å²) in [6, 6.07) is 5.24. The lowest BCUT2D eigenvalue weighted by Crippen LogP contribution is -2.35. The maximum absolute atomic E-state index is 11.8. The summed E-state index contributed by atoms with van der Waals surface area (Å²) in [6.07, 6.45) is 4.21. The molecule has 0 atom stereocenters. The van der Waals surface area contributed by atoms with E-state index in [9.17, 15) is 19.7 Å². The summed E-state index contributed by atoms with van der Waals surface area (Å²) in [7, 11) is 0. The van der Waals surface area contributed by atoms with Crippen molar-refractivity contribution < 1.29 is 14.5 Å². The molecule has 0 fully saturated rings. The summed E-state index contributed by atoms with van der Waals surface area (Å²) in [5, 5.41) is 15.7. The van der Waals surface area contributed by atoms with E-state index in [1.165, 1.54) is 42.9 Å². The van der Waals surface area contributed by atoms with Crippen LogP contribution >= 0.6 is 0 Å². The van der Waals surface area contributed by atoms with Crippen molar-refractivity contribution in [1.82, 2.24) is 20.6 Å². The van der Waals surface area contributed by atoms with Gasteiger partial charge in [-0.15, -0.1) is 0 Å². The van der Waals surface area contributed by atoms with Crippen LogP contribution in [0.1, 0.15) is 20.8 Å². The van der Waals surface area contributed by atoms with Crippen LogP contribution in [0.4, 0.5) is 5.69 Å². The van der Waals surface area contributed by atoms with Gasteiger partial charge in [0.2, 0.25) is 0 Å². The molecule has 2 rings (SSSR count). The second-order valence-corrected chi connectivity index (χ2v) is 4.41. The van der Waals surface area contributed by atoms with Gasteiger partial charge in [0.15, 0.2) is 0 Å². The topological polar surface area (TPSA) is 127 Å². The van der Waals surface area contributed by atoms with Crippen molar-refractivity contribution in [1.29, 1.82) is 0 Å². The molecule has 0 saturated carbocycles. The Balaban J connectivity index is 1.76. The van der Waals surface area contributed by atoms with Crippen molar-refractivity contribution in [3.05, 3.63) is 64.2 Å². The standard InChI is InChI=1S/C14H13N5O4/c20-13(10-1-3-11(4-2-10)19(22)23)17-7-8-18-14(21)12-9-15-5-6-16-12/h1-6,9H,7-8H2,(H,17,20)(H,18,21). The zero-order valence-electron chi connectivity index (χ0n) is 11.9. The molecule has 23 heavy (non-hydrogen) atoms. The van der Waals surface area contributed by atoms with Crippen molar-refractivity contribution in [3.8, 4) is 0 Å². The monoisotopic (exact) mass is 315 g/mol. The average Bonchev–Trinajstić information content (AvgIpc) is 2.59. The average molecular weight is 315 g/mol. The van der Waals surface area contributed by atoms with E-state index >= 15 is 0 Å². The summed E-state index contributed by atoms with van der Waals surface area (Å²) >= 11 is 0. The number of nitro groups is 1. The summed E-state index contributed by atoms with van der Waals surface area (Å²) in [6.45, 7) is 0.427. The Hall–Kier alpha value is -3.36. The first-order chi connectivity index (χ1) is 11.1. The molecule has 0 spiro atoms. The molecule has 9 nitrogen and oxygen atoms in total. The Morgan fingerprint density at radius 3 is 2.26 bits per heavy atom. The third-order valence-electron chi connectivity index (χ3n) is 2.83. The number of rotatable bonds is 6. The number of nitrogens with zero attached hydrogens (tertiary/aromatic N) is 3. The highest BCUT2D eigenvalue weighted by Crippen LogP contribution is 2.11. The Morgan fingerprint density at radius 1 is 1.04 bits per heavy atom. The van der Waals surface area contributed by atoms with Gasteiger partial charge < -0.3 is 10.6 Å². The van der Waals surface area contributed by atoms with Crippen molar-refractivity contribution in [2.24, 2.45) is 0 Å². The lowest BCUT2D eigenvalue weighted by atomic mass is 10.2. The van der Waals surface area contributed by atoms with Crippen LogP contribution in [0.15, 0.2) is 42.9 Å². The van der Waals surface area contributed by atoms with Crippen LogP contribution in [0.5, 0.6) is 0 Å². The largest absolute Gasteiger partial charge is 0.350 e. The Bertz CT molecular complexity index is 703. The molecule has 2 amide bonds. The summed E-state index contributed by atoms with van der Waals surface area (Å²) in [5.74, 6) is -0.767. The third-order valence-corrected chi connectivity index (χ3v) is 2.83. The quantitative estimate of drug-likeness (QED) is 0.455. The molecule has 2 aromatic rings. The maximum atomic E-state index is 11.8. The van der Waals surface area contributed by atoms with Crippen LogP contribution in [-0.4, -0.2) is 39.8 Å². The third kappa shape index (κ3) is 4.56. The molecule has 0 aliphatic rings. The number of aromatic nitrogens is 2. The van der Waals surface area contributed by atoms with Crippen molar-refractivity contribution in [2.75, 3.05) is 13.1 Å². The minimum Gasteiger partial charge on any atom is -0.350 e. The summed E-state index contributed by atoms with van der Waals surface area (Å²) in [5.41, 5.74) is 0.405.